The van der Waals surface area contributed by atoms with E-state index in [9.17, 15) is 14.7 Å². The first-order valence-corrected chi connectivity index (χ1v) is 10.1. The Hall–Kier alpha value is -3.64. The fourth-order valence-electron chi connectivity index (χ4n) is 3.82. The Kier molecular flexibility index (Phi) is 6.29. The molecule has 1 atom stereocenters. The van der Waals surface area contributed by atoms with Gasteiger partial charge in [0, 0.05) is 5.92 Å². The average Bonchev–Trinajstić information content (AvgIpc) is 3.11. The van der Waals surface area contributed by atoms with E-state index in [2.05, 4.69) is 5.32 Å². The normalized spacial score (nSPS) is 13.2. The summed E-state index contributed by atoms with van der Waals surface area (Å²) in [5, 5.41) is 13.7. The third-order valence-corrected chi connectivity index (χ3v) is 5.32. The number of carbonyl (C=O) groups excluding carboxylic acids is 2. The lowest BCUT2D eigenvalue weighted by atomic mass is 9.98. The maximum Gasteiger partial charge on any atom is 0.407 e. The van der Waals surface area contributed by atoms with Gasteiger partial charge >= 0.3 is 6.09 Å². The van der Waals surface area contributed by atoms with Gasteiger partial charge in [0.15, 0.2) is 0 Å². The number of alkyl carbamates (subject to hydrolysis) is 1. The largest absolute Gasteiger partial charge is 0.548 e. The first-order chi connectivity index (χ1) is 15.1. The predicted octanol–water partition coefficient (Wildman–Crippen LogP) is 2.86. The van der Waals surface area contributed by atoms with Gasteiger partial charge in [-0.25, -0.2) is 4.79 Å². The molecule has 0 fully saturated rings. The van der Waals surface area contributed by atoms with Crippen molar-refractivity contribution in [3.05, 3.63) is 95.6 Å². The maximum absolute atomic E-state index is 12.3. The molecule has 31 heavy (non-hydrogen) atoms. The number of benzene rings is 3. The Balaban J connectivity index is 1.34. The van der Waals surface area contributed by atoms with Gasteiger partial charge in [-0.1, -0.05) is 78.9 Å². The Labute approximate surface area is 180 Å². The summed E-state index contributed by atoms with van der Waals surface area (Å²) in [5.74, 6) is -1.53. The van der Waals surface area contributed by atoms with Crippen LogP contribution < -0.4 is 10.4 Å². The molecule has 1 aliphatic carbocycles. The minimum absolute atomic E-state index is 0.102. The van der Waals surface area contributed by atoms with E-state index in [-0.39, 0.29) is 25.7 Å². The van der Waals surface area contributed by atoms with Gasteiger partial charge in [0.2, 0.25) is 0 Å². The quantitative estimate of drug-likeness (QED) is 0.610. The van der Waals surface area contributed by atoms with Gasteiger partial charge < -0.3 is 24.7 Å². The number of ether oxygens (including phenoxy) is 2. The van der Waals surface area contributed by atoms with Gasteiger partial charge in [0.1, 0.15) is 6.61 Å². The van der Waals surface area contributed by atoms with E-state index in [1.807, 2.05) is 78.9 Å². The minimum Gasteiger partial charge on any atom is -0.548 e. The second-order valence-electron chi connectivity index (χ2n) is 7.34. The van der Waals surface area contributed by atoms with Crippen molar-refractivity contribution >= 4 is 12.1 Å². The molecule has 3 aromatic rings. The predicted molar refractivity (Wildman–Crippen MR) is 113 cm³/mol. The van der Waals surface area contributed by atoms with Gasteiger partial charge in [-0.3, -0.25) is 0 Å². The molecule has 1 amide bonds. The molecule has 0 aromatic heterocycles. The smallest absolute Gasteiger partial charge is 0.407 e. The summed E-state index contributed by atoms with van der Waals surface area (Å²) < 4.78 is 10.8. The molecule has 0 aliphatic heterocycles. The second-order valence-corrected chi connectivity index (χ2v) is 7.34. The molecule has 3 aromatic carbocycles. The summed E-state index contributed by atoms with van der Waals surface area (Å²) in [7, 11) is 0. The summed E-state index contributed by atoms with van der Waals surface area (Å²) in [5.41, 5.74) is 5.31. The number of carboxylic acid groups (broad SMARTS) is 1. The number of nitrogens with one attached hydrogen (secondary N) is 1. The van der Waals surface area contributed by atoms with Crippen molar-refractivity contribution in [1.29, 1.82) is 0 Å². The lowest BCUT2D eigenvalue weighted by Crippen LogP contribution is -2.50. The van der Waals surface area contributed by atoms with Gasteiger partial charge in [0.05, 0.1) is 25.2 Å². The van der Waals surface area contributed by atoms with Crippen LogP contribution in [0.5, 0.6) is 0 Å². The molecule has 0 bridgehead atoms. The zero-order chi connectivity index (χ0) is 21.6. The van der Waals surface area contributed by atoms with Gasteiger partial charge in [-0.15, -0.1) is 0 Å². The Morgan fingerprint density at radius 3 is 2.06 bits per heavy atom. The van der Waals surface area contributed by atoms with E-state index in [4.69, 9.17) is 9.47 Å². The maximum atomic E-state index is 12.3. The monoisotopic (exact) mass is 416 g/mol. The van der Waals surface area contributed by atoms with Gasteiger partial charge in [-0.05, 0) is 27.8 Å². The Morgan fingerprint density at radius 2 is 1.45 bits per heavy atom. The topological polar surface area (TPSA) is 87.7 Å². The molecule has 6 heteroatoms. The fourth-order valence-corrected chi connectivity index (χ4v) is 3.82. The molecule has 0 unspecified atom stereocenters. The van der Waals surface area contributed by atoms with Gasteiger partial charge in [-0.2, -0.15) is 0 Å². The van der Waals surface area contributed by atoms with E-state index in [0.29, 0.717) is 0 Å². The van der Waals surface area contributed by atoms with Gasteiger partial charge in [0.25, 0.3) is 0 Å². The standard InChI is InChI=1S/C25H23NO5/c27-24(28)23(16-30-14-17-8-2-1-3-9-17)26-25(29)31-15-22-20-12-6-4-10-18(20)19-11-5-7-13-21(19)22/h1-13,22-23H,14-16H2,(H,26,29)(H,27,28)/p-1/t23-/m1/s1. The minimum atomic E-state index is -1.43. The molecule has 1 N–H and O–H groups in total. The molecular weight excluding hydrogens is 394 g/mol. The molecule has 0 saturated heterocycles. The lowest BCUT2D eigenvalue weighted by Gasteiger charge is -2.20. The zero-order valence-electron chi connectivity index (χ0n) is 16.8. The molecule has 0 heterocycles. The molecule has 0 saturated carbocycles. The van der Waals surface area contributed by atoms with E-state index in [1.165, 1.54) is 0 Å². The van der Waals surface area contributed by atoms with Crippen LogP contribution in [0.1, 0.15) is 22.6 Å². The number of aliphatic carboxylic acids is 1. The number of carboxylic acids is 1. The SMILES string of the molecule is O=C(N[C@H](COCc1ccccc1)C(=O)[O-])OCC1c2ccccc2-c2ccccc21. The number of rotatable bonds is 8. The highest BCUT2D eigenvalue weighted by Gasteiger charge is 2.29. The van der Waals surface area contributed by atoms with E-state index in [0.717, 1.165) is 27.8 Å². The van der Waals surface area contributed by atoms with E-state index < -0.39 is 18.1 Å². The second kappa shape index (κ2) is 9.45. The summed E-state index contributed by atoms with van der Waals surface area (Å²) in [6.07, 6.45) is -0.820. The Bertz CT molecular complexity index is 1020. The Morgan fingerprint density at radius 1 is 0.871 bits per heavy atom. The van der Waals surface area contributed by atoms with Crippen molar-refractivity contribution in [2.45, 2.75) is 18.6 Å². The first kappa shape index (κ1) is 20.6. The number of fused-ring (bicyclic) bond motifs is 3. The molecule has 4 rings (SSSR count). The highest BCUT2D eigenvalue weighted by Crippen LogP contribution is 2.44. The molecule has 0 radical (unpaired) electrons. The van der Waals surface area contributed by atoms with Crippen LogP contribution in [-0.2, 0) is 20.9 Å². The molecule has 0 spiro atoms. The molecule has 6 nitrogen and oxygen atoms in total. The van der Waals surface area contributed by atoms with Crippen molar-refractivity contribution in [2.24, 2.45) is 0 Å². The average molecular weight is 416 g/mol. The first-order valence-electron chi connectivity index (χ1n) is 10.1. The highest BCUT2D eigenvalue weighted by molar-refractivity contribution is 5.80. The van der Waals surface area contributed by atoms with Crippen molar-refractivity contribution in [1.82, 2.24) is 5.32 Å². The van der Waals surface area contributed by atoms with E-state index >= 15 is 0 Å². The van der Waals surface area contributed by atoms with E-state index in [1.54, 1.807) is 0 Å². The number of hydrogen-bond donors (Lipinski definition) is 1. The number of amides is 1. The summed E-state index contributed by atoms with van der Waals surface area (Å²) in [4.78, 5) is 23.7. The van der Waals surface area contributed by atoms with Crippen molar-refractivity contribution in [3.63, 3.8) is 0 Å². The molecule has 1 aliphatic rings. The number of hydrogen-bond acceptors (Lipinski definition) is 5. The van der Waals surface area contributed by atoms with Crippen LogP contribution in [0, 0.1) is 0 Å². The van der Waals surface area contributed by atoms with Crippen molar-refractivity contribution in [3.8, 4) is 11.1 Å². The summed E-state index contributed by atoms with van der Waals surface area (Å²) in [6, 6.07) is 24.0. The van der Waals surface area contributed by atoms with Crippen LogP contribution in [0.25, 0.3) is 11.1 Å². The third kappa shape index (κ3) is 4.75. The summed E-state index contributed by atoms with van der Waals surface area (Å²) in [6.45, 7) is 0.114. The van der Waals surface area contributed by atoms with Crippen LogP contribution in [0.3, 0.4) is 0 Å². The zero-order valence-corrected chi connectivity index (χ0v) is 16.8. The van der Waals surface area contributed by atoms with Crippen LogP contribution in [0.4, 0.5) is 4.79 Å². The lowest BCUT2D eigenvalue weighted by molar-refractivity contribution is -0.309. The highest BCUT2D eigenvalue weighted by atomic mass is 16.5. The fraction of sp³-hybridized carbons (Fsp3) is 0.200. The van der Waals surface area contributed by atoms with Crippen LogP contribution in [0.15, 0.2) is 78.9 Å². The van der Waals surface area contributed by atoms with Crippen LogP contribution in [0.2, 0.25) is 0 Å². The van der Waals surface area contributed by atoms with Crippen molar-refractivity contribution < 1.29 is 24.2 Å². The van der Waals surface area contributed by atoms with Crippen LogP contribution in [-0.4, -0.2) is 31.3 Å². The summed E-state index contributed by atoms with van der Waals surface area (Å²) >= 11 is 0. The number of carbonyl (C=O) groups is 2. The van der Waals surface area contributed by atoms with Crippen molar-refractivity contribution in [2.75, 3.05) is 13.2 Å². The third-order valence-electron chi connectivity index (χ3n) is 5.32. The molecule has 158 valence electrons. The molecular formula is C25H22NO5-. The van der Waals surface area contributed by atoms with Crippen LogP contribution >= 0.6 is 0 Å².